The first-order chi connectivity index (χ1) is 16.2. The summed E-state index contributed by atoms with van der Waals surface area (Å²) in [6, 6.07) is 27.2. The molecule has 0 bridgehead atoms. The summed E-state index contributed by atoms with van der Waals surface area (Å²) in [6.07, 6.45) is 2.24. The average Bonchev–Trinajstić information content (AvgIpc) is 3.63. The van der Waals surface area contributed by atoms with Crippen molar-refractivity contribution in [2.24, 2.45) is 0 Å². The number of nitrogens with zero attached hydrogens (tertiary/aromatic N) is 3. The minimum Gasteiger partial charge on any atom is -0.497 e. The number of aromatic nitrogens is 3. The van der Waals surface area contributed by atoms with E-state index in [-0.39, 0.29) is 5.91 Å². The fourth-order valence-electron chi connectivity index (χ4n) is 3.70. The molecule has 1 N–H and O–H groups in total. The van der Waals surface area contributed by atoms with Crippen molar-refractivity contribution < 1.29 is 9.53 Å². The van der Waals surface area contributed by atoms with E-state index in [2.05, 4.69) is 20.1 Å². The van der Waals surface area contributed by atoms with Crippen LogP contribution in [-0.4, -0.2) is 27.8 Å². The average molecular weight is 457 g/mol. The first-order valence-electron chi connectivity index (χ1n) is 10.9. The van der Waals surface area contributed by atoms with Crippen LogP contribution in [0.15, 0.2) is 90.1 Å². The fraction of sp³-hybridized carbons (Fsp3) is 0.192. The monoisotopic (exact) mass is 456 g/mol. The third-order valence-corrected chi connectivity index (χ3v) is 6.71. The van der Waals surface area contributed by atoms with E-state index in [0.717, 1.165) is 29.9 Å². The van der Waals surface area contributed by atoms with Crippen LogP contribution in [0.2, 0.25) is 0 Å². The van der Waals surface area contributed by atoms with E-state index in [1.54, 1.807) is 7.11 Å². The number of thioether (sulfide) groups is 1. The van der Waals surface area contributed by atoms with E-state index in [0.29, 0.717) is 22.5 Å². The topological polar surface area (TPSA) is 69.0 Å². The molecular weight excluding hydrogens is 432 g/mol. The molecule has 3 aromatic carbocycles. The zero-order valence-electron chi connectivity index (χ0n) is 18.2. The van der Waals surface area contributed by atoms with Crippen LogP contribution in [0.3, 0.4) is 0 Å². The lowest BCUT2D eigenvalue weighted by atomic mass is 10.1. The molecule has 1 aliphatic carbocycles. The van der Waals surface area contributed by atoms with Crippen LogP contribution in [0.25, 0.3) is 5.69 Å². The summed E-state index contributed by atoms with van der Waals surface area (Å²) >= 11 is 1.41. The lowest BCUT2D eigenvalue weighted by molar-refractivity contribution is -0.115. The molecule has 1 aromatic heterocycles. The summed E-state index contributed by atoms with van der Waals surface area (Å²) in [5, 5.41) is 12.3. The van der Waals surface area contributed by atoms with E-state index in [9.17, 15) is 4.79 Å². The minimum absolute atomic E-state index is 0.130. The van der Waals surface area contributed by atoms with Crippen molar-refractivity contribution in [3.8, 4) is 11.4 Å². The lowest BCUT2D eigenvalue weighted by Gasteiger charge is -2.18. The summed E-state index contributed by atoms with van der Waals surface area (Å²) in [6.45, 7) is 0. The zero-order valence-corrected chi connectivity index (χ0v) is 19.0. The molecule has 1 atom stereocenters. The summed E-state index contributed by atoms with van der Waals surface area (Å²) in [5.74, 6) is 1.95. The number of amides is 1. The highest BCUT2D eigenvalue weighted by Crippen LogP contribution is 2.43. The molecule has 1 aliphatic rings. The smallest absolute Gasteiger partial charge is 0.242 e. The Morgan fingerprint density at radius 2 is 1.73 bits per heavy atom. The maximum absolute atomic E-state index is 13.5. The molecule has 0 spiro atoms. The molecule has 0 saturated heterocycles. The molecule has 166 valence electrons. The number of anilines is 1. The number of carbonyl (C=O) groups excluding carboxylic acids is 1. The van der Waals surface area contributed by atoms with Crippen LogP contribution in [0, 0.1) is 0 Å². The Kier molecular flexibility index (Phi) is 6.13. The van der Waals surface area contributed by atoms with Gasteiger partial charge in [-0.25, -0.2) is 0 Å². The molecule has 1 amide bonds. The maximum atomic E-state index is 13.5. The molecule has 0 radical (unpaired) electrons. The Labute approximate surface area is 197 Å². The van der Waals surface area contributed by atoms with Crippen LogP contribution in [0.4, 0.5) is 5.69 Å². The van der Waals surface area contributed by atoms with Gasteiger partial charge in [0.1, 0.15) is 16.8 Å². The molecule has 4 aromatic rings. The zero-order chi connectivity index (χ0) is 22.6. The number of benzene rings is 3. The van der Waals surface area contributed by atoms with Gasteiger partial charge in [0.25, 0.3) is 0 Å². The predicted octanol–water partition coefficient (Wildman–Crippen LogP) is 5.63. The van der Waals surface area contributed by atoms with Crippen molar-refractivity contribution in [1.82, 2.24) is 14.8 Å². The van der Waals surface area contributed by atoms with Gasteiger partial charge in [0, 0.05) is 23.4 Å². The van der Waals surface area contributed by atoms with Crippen LogP contribution in [0.1, 0.15) is 35.4 Å². The molecule has 1 heterocycles. The van der Waals surface area contributed by atoms with Gasteiger partial charge in [-0.2, -0.15) is 0 Å². The Hall–Kier alpha value is -3.58. The van der Waals surface area contributed by atoms with Gasteiger partial charge in [0.05, 0.1) is 7.11 Å². The van der Waals surface area contributed by atoms with Crippen molar-refractivity contribution >= 4 is 23.4 Å². The Morgan fingerprint density at radius 3 is 2.42 bits per heavy atom. The summed E-state index contributed by atoms with van der Waals surface area (Å²) in [4.78, 5) is 13.5. The third-order valence-electron chi connectivity index (χ3n) is 5.52. The standard InChI is InChI=1S/C26H24N4O2S/c1-32-22-14-8-11-20(17-22)27-25(31)23(18-9-4-2-5-10-18)33-26-29-28-24(19-15-16-19)30(26)21-12-6-3-7-13-21/h2-14,17,19,23H,15-16H2,1H3,(H,27,31)/t23-/m1/s1. The van der Waals surface area contributed by atoms with Crippen molar-refractivity contribution in [1.29, 1.82) is 0 Å². The number of ether oxygens (including phenoxy) is 1. The SMILES string of the molecule is COc1cccc(NC(=O)[C@H](Sc2nnc(C3CC3)n2-c2ccccc2)c2ccccc2)c1. The van der Waals surface area contributed by atoms with Gasteiger partial charge in [0.2, 0.25) is 5.91 Å². The summed E-state index contributed by atoms with van der Waals surface area (Å²) in [7, 11) is 1.61. The van der Waals surface area contributed by atoms with Crippen molar-refractivity contribution in [2.75, 3.05) is 12.4 Å². The number of methoxy groups -OCH3 is 1. The largest absolute Gasteiger partial charge is 0.497 e. The fourth-order valence-corrected chi connectivity index (χ4v) is 4.76. The van der Waals surface area contributed by atoms with Gasteiger partial charge >= 0.3 is 0 Å². The molecule has 1 saturated carbocycles. The molecule has 0 unspecified atom stereocenters. The van der Waals surface area contributed by atoms with Crippen molar-refractivity contribution in [2.45, 2.75) is 29.2 Å². The minimum atomic E-state index is -0.504. The highest BCUT2D eigenvalue weighted by Gasteiger charge is 2.33. The van der Waals surface area contributed by atoms with Crippen molar-refractivity contribution in [3.05, 3.63) is 96.3 Å². The molecule has 5 rings (SSSR count). The number of para-hydroxylation sites is 1. The third kappa shape index (κ3) is 4.78. The second kappa shape index (κ2) is 9.50. The quantitative estimate of drug-likeness (QED) is 0.348. The number of nitrogens with one attached hydrogen (secondary N) is 1. The Morgan fingerprint density at radius 1 is 1.00 bits per heavy atom. The number of hydrogen-bond donors (Lipinski definition) is 1. The van der Waals surface area contributed by atoms with Crippen LogP contribution >= 0.6 is 11.8 Å². The first-order valence-corrected chi connectivity index (χ1v) is 11.8. The summed E-state index contributed by atoms with van der Waals surface area (Å²) in [5.41, 5.74) is 2.59. The maximum Gasteiger partial charge on any atom is 0.242 e. The van der Waals surface area contributed by atoms with E-state index in [4.69, 9.17) is 4.74 Å². The highest BCUT2D eigenvalue weighted by molar-refractivity contribution is 8.00. The van der Waals surface area contributed by atoms with Gasteiger partial charge in [-0.1, -0.05) is 66.4 Å². The molecule has 1 fully saturated rings. The van der Waals surface area contributed by atoms with Gasteiger partial charge in [0.15, 0.2) is 5.16 Å². The number of hydrogen-bond acceptors (Lipinski definition) is 5. The first kappa shape index (κ1) is 21.3. The second-order valence-electron chi connectivity index (χ2n) is 7.92. The van der Waals surface area contributed by atoms with E-state index in [1.807, 2.05) is 84.9 Å². The van der Waals surface area contributed by atoms with E-state index in [1.165, 1.54) is 11.8 Å². The van der Waals surface area contributed by atoms with E-state index < -0.39 is 5.25 Å². The Balaban J connectivity index is 1.49. The molecular formula is C26H24N4O2S. The van der Waals surface area contributed by atoms with Crippen LogP contribution < -0.4 is 10.1 Å². The predicted molar refractivity (Wildman–Crippen MR) is 130 cm³/mol. The van der Waals surface area contributed by atoms with Gasteiger partial charge in [-0.05, 0) is 42.7 Å². The molecule has 0 aliphatic heterocycles. The van der Waals surface area contributed by atoms with Gasteiger partial charge in [-0.15, -0.1) is 10.2 Å². The van der Waals surface area contributed by atoms with Crippen molar-refractivity contribution in [3.63, 3.8) is 0 Å². The highest BCUT2D eigenvalue weighted by atomic mass is 32.2. The van der Waals surface area contributed by atoms with Gasteiger partial charge < -0.3 is 10.1 Å². The molecule has 33 heavy (non-hydrogen) atoms. The second-order valence-corrected chi connectivity index (χ2v) is 8.99. The normalized spacial score (nSPS) is 14.0. The molecule has 7 heteroatoms. The van der Waals surface area contributed by atoms with Gasteiger partial charge in [-0.3, -0.25) is 9.36 Å². The number of carbonyl (C=O) groups is 1. The summed E-state index contributed by atoms with van der Waals surface area (Å²) < 4.78 is 7.39. The lowest BCUT2D eigenvalue weighted by Crippen LogP contribution is -2.19. The number of rotatable bonds is 8. The van der Waals surface area contributed by atoms with Crippen LogP contribution in [0.5, 0.6) is 5.75 Å². The molecule has 6 nitrogen and oxygen atoms in total. The Bertz CT molecular complexity index is 1240. The van der Waals surface area contributed by atoms with E-state index >= 15 is 0 Å². The van der Waals surface area contributed by atoms with Crippen LogP contribution in [-0.2, 0) is 4.79 Å².